The van der Waals surface area contributed by atoms with E-state index in [-0.39, 0.29) is 11.8 Å². The van der Waals surface area contributed by atoms with E-state index in [0.29, 0.717) is 34.7 Å². The molecule has 1 atom stereocenters. The number of halogens is 1. The smallest absolute Gasteiger partial charge is 0.229 e. The van der Waals surface area contributed by atoms with Crippen molar-refractivity contribution in [3.8, 4) is 10.8 Å². The first kappa shape index (κ1) is 11.7. The molecule has 0 aliphatic carbocycles. The number of aromatic nitrogens is 2. The lowest BCUT2D eigenvalue weighted by Crippen LogP contribution is -2.24. The molecule has 1 aliphatic heterocycles. The van der Waals surface area contributed by atoms with Gasteiger partial charge in [0.05, 0.1) is 6.26 Å². The van der Waals surface area contributed by atoms with Gasteiger partial charge in [0, 0.05) is 18.8 Å². The SMILES string of the molecule is O=C1CC(CCl)CN1c1nnc(-c2ccco2)s1. The van der Waals surface area contributed by atoms with Gasteiger partial charge in [-0.25, -0.2) is 0 Å². The lowest BCUT2D eigenvalue weighted by atomic mass is 10.2. The molecule has 0 bridgehead atoms. The van der Waals surface area contributed by atoms with Crippen molar-refractivity contribution >= 4 is 34.0 Å². The second-order valence-electron chi connectivity index (χ2n) is 4.10. The number of carbonyl (C=O) groups is 1. The van der Waals surface area contributed by atoms with E-state index in [9.17, 15) is 4.79 Å². The summed E-state index contributed by atoms with van der Waals surface area (Å²) in [6, 6.07) is 3.61. The van der Waals surface area contributed by atoms with Gasteiger partial charge in [-0.2, -0.15) is 0 Å². The van der Waals surface area contributed by atoms with Crippen molar-refractivity contribution in [2.75, 3.05) is 17.3 Å². The third-order valence-corrected chi connectivity index (χ3v) is 4.20. The Morgan fingerprint density at radius 2 is 2.44 bits per heavy atom. The summed E-state index contributed by atoms with van der Waals surface area (Å²) in [5, 5.41) is 9.37. The molecule has 3 rings (SSSR count). The van der Waals surface area contributed by atoms with E-state index in [2.05, 4.69) is 10.2 Å². The van der Waals surface area contributed by atoms with Crippen molar-refractivity contribution in [3.05, 3.63) is 18.4 Å². The number of furan rings is 1. The molecule has 1 unspecified atom stereocenters. The summed E-state index contributed by atoms with van der Waals surface area (Å²) in [6.07, 6.45) is 2.07. The molecule has 2 aromatic rings. The number of hydrogen-bond donors (Lipinski definition) is 0. The molecule has 0 saturated carbocycles. The average Bonchev–Trinajstić information content (AvgIpc) is 3.08. The zero-order chi connectivity index (χ0) is 12.5. The number of carbonyl (C=O) groups excluding carboxylic acids is 1. The first-order chi connectivity index (χ1) is 8.78. The Labute approximate surface area is 112 Å². The van der Waals surface area contributed by atoms with Gasteiger partial charge in [0.15, 0.2) is 10.8 Å². The van der Waals surface area contributed by atoms with Crippen LogP contribution in [0.1, 0.15) is 6.42 Å². The Hall–Kier alpha value is -1.40. The van der Waals surface area contributed by atoms with E-state index >= 15 is 0 Å². The summed E-state index contributed by atoms with van der Waals surface area (Å²) in [5.41, 5.74) is 0. The minimum absolute atomic E-state index is 0.0581. The summed E-state index contributed by atoms with van der Waals surface area (Å²) in [7, 11) is 0. The zero-order valence-electron chi connectivity index (χ0n) is 9.38. The van der Waals surface area contributed by atoms with E-state index in [1.807, 2.05) is 6.07 Å². The fourth-order valence-corrected chi connectivity index (χ4v) is 2.94. The Morgan fingerprint density at radius 1 is 1.56 bits per heavy atom. The van der Waals surface area contributed by atoms with Crippen molar-refractivity contribution in [3.63, 3.8) is 0 Å². The van der Waals surface area contributed by atoms with E-state index in [1.54, 1.807) is 17.2 Å². The molecule has 7 heteroatoms. The lowest BCUT2D eigenvalue weighted by molar-refractivity contribution is -0.117. The van der Waals surface area contributed by atoms with E-state index < -0.39 is 0 Å². The molecule has 1 aliphatic rings. The summed E-state index contributed by atoms with van der Waals surface area (Å²) in [5.74, 6) is 1.42. The average molecular weight is 284 g/mol. The number of amides is 1. The first-order valence-corrected chi connectivity index (χ1v) is 6.86. The monoisotopic (exact) mass is 283 g/mol. The Kier molecular flexibility index (Phi) is 3.05. The van der Waals surface area contributed by atoms with Gasteiger partial charge in [0.25, 0.3) is 0 Å². The van der Waals surface area contributed by atoms with Crippen molar-refractivity contribution in [2.24, 2.45) is 5.92 Å². The molecule has 0 N–H and O–H groups in total. The molecule has 3 heterocycles. The Morgan fingerprint density at radius 3 is 3.11 bits per heavy atom. The van der Waals surface area contributed by atoms with Gasteiger partial charge in [-0.3, -0.25) is 9.69 Å². The standard InChI is InChI=1S/C11H10ClN3O2S/c12-5-7-4-9(16)15(6-7)11-14-13-10(18-11)8-2-1-3-17-8/h1-3,7H,4-6H2. The van der Waals surface area contributed by atoms with Gasteiger partial charge in [0.2, 0.25) is 11.0 Å². The largest absolute Gasteiger partial charge is 0.462 e. The number of alkyl halides is 1. The molecule has 94 valence electrons. The molecule has 0 spiro atoms. The highest BCUT2D eigenvalue weighted by atomic mass is 35.5. The molecule has 1 amide bonds. The zero-order valence-corrected chi connectivity index (χ0v) is 10.9. The topological polar surface area (TPSA) is 59.2 Å². The summed E-state index contributed by atoms with van der Waals surface area (Å²) >= 11 is 7.14. The van der Waals surface area contributed by atoms with E-state index in [1.165, 1.54) is 11.3 Å². The molecule has 5 nitrogen and oxygen atoms in total. The predicted molar refractivity (Wildman–Crippen MR) is 68.8 cm³/mol. The van der Waals surface area contributed by atoms with Crippen LogP contribution in [0.25, 0.3) is 10.8 Å². The second-order valence-corrected chi connectivity index (χ2v) is 5.36. The predicted octanol–water partition coefficient (Wildman–Crippen LogP) is 2.39. The van der Waals surface area contributed by atoms with Gasteiger partial charge in [0.1, 0.15) is 0 Å². The highest BCUT2D eigenvalue weighted by molar-refractivity contribution is 7.18. The minimum Gasteiger partial charge on any atom is -0.462 e. The van der Waals surface area contributed by atoms with Crippen molar-refractivity contribution in [1.82, 2.24) is 10.2 Å². The van der Waals surface area contributed by atoms with E-state index in [4.69, 9.17) is 16.0 Å². The third-order valence-electron chi connectivity index (χ3n) is 2.80. The van der Waals surface area contributed by atoms with Gasteiger partial charge in [-0.1, -0.05) is 11.3 Å². The summed E-state index contributed by atoms with van der Waals surface area (Å²) in [6.45, 7) is 0.620. The minimum atomic E-state index is 0.0581. The molecule has 18 heavy (non-hydrogen) atoms. The Balaban J connectivity index is 1.84. The number of rotatable bonds is 3. The maximum atomic E-state index is 11.8. The quantitative estimate of drug-likeness (QED) is 0.812. The van der Waals surface area contributed by atoms with Crippen molar-refractivity contribution in [2.45, 2.75) is 6.42 Å². The van der Waals surface area contributed by atoms with Crippen LogP contribution in [0.4, 0.5) is 5.13 Å². The van der Waals surface area contributed by atoms with Gasteiger partial charge in [-0.15, -0.1) is 21.8 Å². The lowest BCUT2D eigenvalue weighted by Gasteiger charge is -2.10. The van der Waals surface area contributed by atoms with Crippen LogP contribution in [-0.4, -0.2) is 28.5 Å². The Bertz CT molecular complexity index is 554. The summed E-state index contributed by atoms with van der Waals surface area (Å²) in [4.78, 5) is 13.5. The van der Waals surface area contributed by atoms with Gasteiger partial charge in [-0.05, 0) is 18.1 Å². The summed E-state index contributed by atoms with van der Waals surface area (Å²) < 4.78 is 5.25. The molecule has 0 radical (unpaired) electrons. The van der Waals surface area contributed by atoms with Crippen LogP contribution in [-0.2, 0) is 4.79 Å². The number of hydrogen-bond acceptors (Lipinski definition) is 5. The van der Waals surface area contributed by atoms with Crippen LogP contribution < -0.4 is 4.90 Å². The molecule has 1 saturated heterocycles. The molecular formula is C11H10ClN3O2S. The second kappa shape index (κ2) is 4.70. The van der Waals surface area contributed by atoms with Gasteiger partial charge >= 0.3 is 0 Å². The third kappa shape index (κ3) is 2.02. The van der Waals surface area contributed by atoms with Crippen molar-refractivity contribution in [1.29, 1.82) is 0 Å². The number of anilines is 1. The maximum Gasteiger partial charge on any atom is 0.229 e. The van der Waals surface area contributed by atoms with E-state index in [0.717, 1.165) is 0 Å². The molecular weight excluding hydrogens is 274 g/mol. The van der Waals surface area contributed by atoms with Crippen LogP contribution >= 0.6 is 22.9 Å². The van der Waals surface area contributed by atoms with Crippen LogP contribution in [0.15, 0.2) is 22.8 Å². The number of nitrogens with zero attached hydrogens (tertiary/aromatic N) is 3. The molecule has 1 fully saturated rings. The first-order valence-electron chi connectivity index (χ1n) is 5.51. The van der Waals surface area contributed by atoms with Gasteiger partial charge < -0.3 is 4.42 Å². The van der Waals surface area contributed by atoms with Crippen LogP contribution in [0.3, 0.4) is 0 Å². The van der Waals surface area contributed by atoms with Crippen LogP contribution in [0.5, 0.6) is 0 Å². The highest BCUT2D eigenvalue weighted by Gasteiger charge is 2.32. The normalized spacial score (nSPS) is 19.7. The van der Waals surface area contributed by atoms with Crippen molar-refractivity contribution < 1.29 is 9.21 Å². The fraction of sp³-hybridized carbons (Fsp3) is 0.364. The van der Waals surface area contributed by atoms with Crippen LogP contribution in [0.2, 0.25) is 0 Å². The van der Waals surface area contributed by atoms with Crippen LogP contribution in [0, 0.1) is 5.92 Å². The highest BCUT2D eigenvalue weighted by Crippen LogP contribution is 2.32. The maximum absolute atomic E-state index is 11.8. The molecule has 2 aromatic heterocycles. The fourth-order valence-electron chi connectivity index (χ4n) is 1.89. The molecule has 0 aromatic carbocycles.